The summed E-state index contributed by atoms with van der Waals surface area (Å²) >= 11 is 0. The maximum absolute atomic E-state index is 11.7. The van der Waals surface area contributed by atoms with Crippen LogP contribution in [-0.4, -0.2) is 85.0 Å². The van der Waals surface area contributed by atoms with Gasteiger partial charge in [0.1, 0.15) is 5.70 Å². The zero-order valence-corrected chi connectivity index (χ0v) is 23.4. The summed E-state index contributed by atoms with van der Waals surface area (Å²) in [6.45, 7) is 8.06. The molecular formula is C28H45N9O2. The van der Waals surface area contributed by atoms with E-state index in [0.29, 0.717) is 5.96 Å². The van der Waals surface area contributed by atoms with Crippen molar-refractivity contribution < 1.29 is 9.59 Å². The van der Waals surface area contributed by atoms with Crippen LogP contribution in [0.1, 0.15) is 57.4 Å². The Balaban J connectivity index is 0.000000438. The third kappa shape index (κ3) is 7.56. The maximum Gasteiger partial charge on any atom is 0.317 e. The predicted octanol–water partition coefficient (Wildman–Crippen LogP) is 1.67. The lowest BCUT2D eigenvalue weighted by atomic mass is 9.74. The van der Waals surface area contributed by atoms with Gasteiger partial charge in [0.25, 0.3) is 5.91 Å². The molecule has 39 heavy (non-hydrogen) atoms. The van der Waals surface area contributed by atoms with Gasteiger partial charge in [-0.3, -0.25) is 4.79 Å². The molecule has 1 aromatic rings. The number of hydrogen-bond donors (Lipinski definition) is 5. The van der Waals surface area contributed by atoms with E-state index in [-0.39, 0.29) is 23.0 Å². The Hall–Kier alpha value is -3.47. The molecule has 11 heteroatoms. The summed E-state index contributed by atoms with van der Waals surface area (Å²) in [4.78, 5) is 32.9. The number of nitrogens with one attached hydrogen (secondary N) is 2. The van der Waals surface area contributed by atoms with Crippen molar-refractivity contribution in [2.75, 3.05) is 51.6 Å². The number of carbonyl (C=O) groups excluding carboxylic acids is 2. The summed E-state index contributed by atoms with van der Waals surface area (Å²) in [5.41, 5.74) is 19.8. The van der Waals surface area contributed by atoms with E-state index in [1.54, 1.807) is 11.9 Å². The first-order valence-electron chi connectivity index (χ1n) is 14.2. The summed E-state index contributed by atoms with van der Waals surface area (Å²) in [5, 5.41) is 5.81. The Morgan fingerprint density at radius 2 is 1.64 bits per heavy atom. The summed E-state index contributed by atoms with van der Waals surface area (Å²) in [6, 6.07) is 9.21. The molecule has 3 heterocycles. The average molecular weight is 540 g/mol. The van der Waals surface area contributed by atoms with Crippen molar-refractivity contribution >= 4 is 23.6 Å². The maximum atomic E-state index is 11.7. The van der Waals surface area contributed by atoms with Crippen LogP contribution in [0.4, 0.5) is 10.5 Å². The number of piperidine rings is 2. The Morgan fingerprint density at radius 1 is 1.00 bits per heavy atom. The number of rotatable bonds is 6. The minimum absolute atomic E-state index is 0.0417. The van der Waals surface area contributed by atoms with Crippen LogP contribution in [0.25, 0.3) is 0 Å². The number of likely N-dealkylation sites (N-methyl/N-ethyl adjacent to an activating group) is 1. The quantitative estimate of drug-likeness (QED) is 0.209. The number of likely N-dealkylation sites (tertiary alicyclic amines) is 2. The highest BCUT2D eigenvalue weighted by Crippen LogP contribution is 2.39. The molecule has 11 nitrogen and oxygen atoms in total. The Bertz CT molecular complexity index is 1070. The average Bonchev–Trinajstić information content (AvgIpc) is 3.73. The van der Waals surface area contributed by atoms with Crippen LogP contribution in [0.2, 0.25) is 0 Å². The normalized spacial score (nSPS) is 22.4. The summed E-state index contributed by atoms with van der Waals surface area (Å²) < 4.78 is 0. The second-order valence-electron chi connectivity index (χ2n) is 11.3. The number of hydrogen-bond acceptors (Lipinski definition) is 6. The van der Waals surface area contributed by atoms with Gasteiger partial charge in [-0.2, -0.15) is 4.99 Å². The third-order valence-electron chi connectivity index (χ3n) is 8.31. The molecule has 0 unspecified atom stereocenters. The number of anilines is 1. The molecule has 214 valence electrons. The number of aliphatic imine (C=N–C) groups is 1. The highest BCUT2D eigenvalue weighted by molar-refractivity contribution is 5.93. The molecule has 1 aromatic carbocycles. The highest BCUT2D eigenvalue weighted by Gasteiger charge is 2.37. The van der Waals surface area contributed by atoms with Crippen molar-refractivity contribution in [3.8, 4) is 0 Å². The fraction of sp³-hybridized carbons (Fsp3) is 0.607. The smallest absolute Gasteiger partial charge is 0.317 e. The molecule has 1 aliphatic carbocycles. The van der Waals surface area contributed by atoms with E-state index in [1.807, 2.05) is 17.0 Å². The molecule has 4 fully saturated rings. The number of guanidine groups is 1. The largest absolute Gasteiger partial charge is 0.391 e. The Morgan fingerprint density at radius 3 is 2.13 bits per heavy atom. The SMILES string of the molecule is CC1(c2ccc(NC(/N=C(\N)N3CCCCC3)=C(/N)C(N)=O)cc2)CCN(C2CC2)CC1.CN1CCNC1=O. The molecule has 8 N–H and O–H groups in total. The van der Waals surface area contributed by atoms with Gasteiger partial charge in [-0.15, -0.1) is 0 Å². The molecular weight excluding hydrogens is 494 g/mol. The van der Waals surface area contributed by atoms with Crippen LogP contribution in [0.5, 0.6) is 0 Å². The monoisotopic (exact) mass is 539 g/mol. The number of urea groups is 1. The summed E-state index contributed by atoms with van der Waals surface area (Å²) in [7, 11) is 1.78. The molecule has 5 rings (SSSR count). The fourth-order valence-electron chi connectivity index (χ4n) is 5.35. The third-order valence-corrected chi connectivity index (χ3v) is 8.31. The highest BCUT2D eigenvalue weighted by atomic mass is 16.2. The van der Waals surface area contributed by atoms with Crippen molar-refractivity contribution in [2.45, 2.75) is 63.3 Å². The first-order valence-corrected chi connectivity index (χ1v) is 14.2. The minimum Gasteiger partial charge on any atom is -0.391 e. The molecule has 3 amide bonds. The summed E-state index contributed by atoms with van der Waals surface area (Å²) in [6.07, 6.45) is 8.43. The minimum atomic E-state index is -0.728. The number of amides is 3. The van der Waals surface area contributed by atoms with E-state index in [4.69, 9.17) is 17.2 Å². The lowest BCUT2D eigenvalue weighted by molar-refractivity contribution is -0.114. The molecule has 1 saturated carbocycles. The fourth-order valence-corrected chi connectivity index (χ4v) is 5.35. The van der Waals surface area contributed by atoms with Crippen LogP contribution in [0.15, 0.2) is 40.8 Å². The molecule has 3 saturated heterocycles. The van der Waals surface area contributed by atoms with Gasteiger partial charge in [0.05, 0.1) is 0 Å². The van der Waals surface area contributed by atoms with Crippen LogP contribution in [0.3, 0.4) is 0 Å². The molecule has 3 aliphatic heterocycles. The number of benzene rings is 1. The zero-order valence-electron chi connectivity index (χ0n) is 23.4. The first-order chi connectivity index (χ1) is 18.7. The molecule has 0 radical (unpaired) electrons. The van der Waals surface area contributed by atoms with E-state index < -0.39 is 5.91 Å². The van der Waals surface area contributed by atoms with Crippen molar-refractivity contribution in [3.63, 3.8) is 0 Å². The van der Waals surface area contributed by atoms with Crippen LogP contribution in [-0.2, 0) is 10.2 Å². The molecule has 0 bridgehead atoms. The van der Waals surface area contributed by atoms with Crippen molar-refractivity contribution in [1.29, 1.82) is 0 Å². The zero-order chi connectivity index (χ0) is 28.0. The van der Waals surface area contributed by atoms with Gasteiger partial charge < -0.3 is 42.5 Å². The van der Waals surface area contributed by atoms with E-state index in [0.717, 1.165) is 50.7 Å². The van der Waals surface area contributed by atoms with Crippen LogP contribution >= 0.6 is 0 Å². The van der Waals surface area contributed by atoms with Gasteiger partial charge in [-0.25, -0.2) is 4.79 Å². The molecule has 0 atom stereocenters. The van der Waals surface area contributed by atoms with Gasteiger partial charge in [0.15, 0.2) is 11.8 Å². The van der Waals surface area contributed by atoms with Gasteiger partial charge in [0.2, 0.25) is 0 Å². The second-order valence-corrected chi connectivity index (χ2v) is 11.3. The standard InChI is InChI=1S/C24H37N7O.C4H8N2O/c1-24(11-15-30(16-12-24)19-9-10-19)17-5-7-18(8-6-17)28-22(20(25)21(26)32)29-23(27)31-13-3-2-4-14-31;1-6-3-2-5-4(6)7/h5-8,19,28H,2-4,9-16,25H2,1H3,(H2,26,32)(H2,27,29);2-3H2,1H3,(H,5,7)/b22-20-;. The van der Waals surface area contributed by atoms with Crippen molar-refractivity contribution in [2.24, 2.45) is 22.2 Å². The van der Waals surface area contributed by atoms with E-state index in [1.165, 1.54) is 50.8 Å². The van der Waals surface area contributed by atoms with Gasteiger partial charge >= 0.3 is 6.03 Å². The summed E-state index contributed by atoms with van der Waals surface area (Å²) in [5.74, 6) is -0.186. The van der Waals surface area contributed by atoms with Crippen LogP contribution in [0, 0.1) is 0 Å². The van der Waals surface area contributed by atoms with Crippen molar-refractivity contribution in [1.82, 2.24) is 20.0 Å². The number of carbonyl (C=O) groups is 2. The topological polar surface area (TPSA) is 158 Å². The lowest BCUT2D eigenvalue weighted by Gasteiger charge is -2.40. The lowest BCUT2D eigenvalue weighted by Crippen LogP contribution is -2.41. The van der Waals surface area contributed by atoms with Crippen LogP contribution < -0.4 is 27.8 Å². The number of nitrogens with two attached hydrogens (primary N) is 3. The van der Waals surface area contributed by atoms with E-state index >= 15 is 0 Å². The van der Waals surface area contributed by atoms with Crippen molar-refractivity contribution in [3.05, 3.63) is 41.3 Å². The first kappa shape index (κ1) is 28.5. The molecule has 0 aromatic heterocycles. The van der Waals surface area contributed by atoms with E-state index in [2.05, 4.69) is 39.6 Å². The second kappa shape index (κ2) is 12.6. The predicted molar refractivity (Wildman–Crippen MR) is 155 cm³/mol. The van der Waals surface area contributed by atoms with Gasteiger partial charge in [0, 0.05) is 45.0 Å². The van der Waals surface area contributed by atoms with Gasteiger partial charge in [-0.05, 0) is 81.1 Å². The Labute approximate surface area is 231 Å². The number of nitrogens with zero attached hydrogens (tertiary/aromatic N) is 4. The number of primary amides is 1. The van der Waals surface area contributed by atoms with E-state index in [9.17, 15) is 9.59 Å². The van der Waals surface area contributed by atoms with Gasteiger partial charge in [-0.1, -0.05) is 19.1 Å². The molecule has 0 spiro atoms. The Kier molecular flexibility index (Phi) is 9.21. The molecule has 4 aliphatic rings.